The molecule has 2 N–H and O–H groups in total. The molecule has 5 heteroatoms. The van der Waals surface area contributed by atoms with E-state index in [0.717, 1.165) is 11.3 Å². The van der Waals surface area contributed by atoms with Gasteiger partial charge in [-0.1, -0.05) is 18.6 Å². The highest BCUT2D eigenvalue weighted by Gasteiger charge is 2.11. The predicted molar refractivity (Wildman–Crippen MR) is 103 cm³/mol. The molecular formula is C21H14N4O. The quantitative estimate of drug-likeness (QED) is 0.558. The molecule has 1 heterocycles. The van der Waals surface area contributed by atoms with Crippen LogP contribution in [0.25, 0.3) is 10.9 Å². The standard InChI is InChI=1S/C21H14N4O/c1-3-14-6-5-7-16(10-14)25-21-15(12-22)13-23-19-9-8-17(11-18(19)21)24-20(26)4-2/h1,4-11,13H,2H2,(H,23,25)(H,24,26). The molecule has 0 unspecified atom stereocenters. The lowest BCUT2D eigenvalue weighted by Crippen LogP contribution is -2.07. The smallest absolute Gasteiger partial charge is 0.247 e. The lowest BCUT2D eigenvalue weighted by Gasteiger charge is -2.13. The average Bonchev–Trinajstić information content (AvgIpc) is 2.68. The molecule has 0 radical (unpaired) electrons. The van der Waals surface area contributed by atoms with Gasteiger partial charge in [0.2, 0.25) is 5.91 Å². The van der Waals surface area contributed by atoms with Crippen molar-refractivity contribution in [2.75, 3.05) is 10.6 Å². The number of rotatable bonds is 4. The molecular weight excluding hydrogens is 324 g/mol. The number of pyridine rings is 1. The van der Waals surface area contributed by atoms with Gasteiger partial charge in [-0.15, -0.1) is 6.42 Å². The predicted octanol–water partition coefficient (Wildman–Crippen LogP) is 3.96. The number of anilines is 3. The number of terminal acetylenes is 1. The van der Waals surface area contributed by atoms with Gasteiger partial charge in [0.05, 0.1) is 16.8 Å². The molecule has 0 aliphatic carbocycles. The molecule has 3 aromatic rings. The largest absolute Gasteiger partial charge is 0.354 e. The molecule has 0 aliphatic heterocycles. The number of carbonyl (C=O) groups is 1. The molecule has 0 atom stereocenters. The van der Waals surface area contributed by atoms with E-state index in [-0.39, 0.29) is 5.91 Å². The fraction of sp³-hybridized carbons (Fsp3) is 0. The molecule has 124 valence electrons. The van der Waals surface area contributed by atoms with E-state index in [1.165, 1.54) is 12.3 Å². The first-order chi connectivity index (χ1) is 12.6. The first kappa shape index (κ1) is 16.8. The summed E-state index contributed by atoms with van der Waals surface area (Å²) < 4.78 is 0. The van der Waals surface area contributed by atoms with Crippen LogP contribution in [-0.2, 0) is 4.79 Å². The summed E-state index contributed by atoms with van der Waals surface area (Å²) in [6.45, 7) is 3.44. The van der Waals surface area contributed by atoms with Crippen molar-refractivity contribution in [1.82, 2.24) is 4.98 Å². The molecule has 26 heavy (non-hydrogen) atoms. The number of amides is 1. The maximum absolute atomic E-state index is 11.6. The van der Waals surface area contributed by atoms with Crippen molar-refractivity contribution in [1.29, 1.82) is 5.26 Å². The monoisotopic (exact) mass is 338 g/mol. The molecule has 0 fully saturated rings. The highest BCUT2D eigenvalue weighted by molar-refractivity contribution is 6.02. The van der Waals surface area contributed by atoms with Gasteiger partial charge in [-0.2, -0.15) is 5.26 Å². The first-order valence-corrected chi connectivity index (χ1v) is 7.74. The molecule has 0 saturated heterocycles. The van der Waals surface area contributed by atoms with Crippen LogP contribution in [0.2, 0.25) is 0 Å². The number of hydrogen-bond acceptors (Lipinski definition) is 4. The molecule has 0 bridgehead atoms. The van der Waals surface area contributed by atoms with Crippen molar-refractivity contribution in [2.45, 2.75) is 0 Å². The van der Waals surface area contributed by atoms with Gasteiger partial charge in [-0.05, 0) is 42.5 Å². The Kier molecular flexibility index (Phi) is 4.65. The first-order valence-electron chi connectivity index (χ1n) is 7.74. The van der Waals surface area contributed by atoms with Gasteiger partial charge in [0, 0.05) is 28.5 Å². The Balaban J connectivity index is 2.12. The SMILES string of the molecule is C#Cc1cccc(Nc2c(C#N)cnc3ccc(NC(=O)C=C)cc23)c1. The normalized spacial score (nSPS) is 9.77. The summed E-state index contributed by atoms with van der Waals surface area (Å²) in [6, 6.07) is 14.8. The van der Waals surface area contributed by atoms with E-state index in [9.17, 15) is 10.1 Å². The van der Waals surface area contributed by atoms with Crippen LogP contribution in [0.3, 0.4) is 0 Å². The van der Waals surface area contributed by atoms with Crippen LogP contribution >= 0.6 is 0 Å². The fourth-order valence-corrected chi connectivity index (χ4v) is 2.51. The molecule has 0 saturated carbocycles. The lowest BCUT2D eigenvalue weighted by molar-refractivity contribution is -0.111. The zero-order chi connectivity index (χ0) is 18.5. The fourth-order valence-electron chi connectivity index (χ4n) is 2.51. The van der Waals surface area contributed by atoms with Crippen LogP contribution in [-0.4, -0.2) is 10.9 Å². The lowest BCUT2D eigenvalue weighted by atomic mass is 10.1. The van der Waals surface area contributed by atoms with Crippen LogP contribution in [0.4, 0.5) is 17.1 Å². The van der Waals surface area contributed by atoms with Crippen molar-refractivity contribution in [3.63, 3.8) is 0 Å². The third-order valence-electron chi connectivity index (χ3n) is 3.74. The Labute approximate surface area is 151 Å². The van der Waals surface area contributed by atoms with Crippen molar-refractivity contribution in [3.05, 3.63) is 72.4 Å². The summed E-state index contributed by atoms with van der Waals surface area (Å²) >= 11 is 0. The van der Waals surface area contributed by atoms with Crippen LogP contribution in [0.1, 0.15) is 11.1 Å². The Morgan fingerprint density at radius 2 is 2.08 bits per heavy atom. The summed E-state index contributed by atoms with van der Waals surface area (Å²) in [7, 11) is 0. The Bertz CT molecular complexity index is 1100. The molecule has 1 amide bonds. The molecule has 3 rings (SSSR count). The minimum atomic E-state index is -0.315. The number of fused-ring (bicyclic) bond motifs is 1. The van der Waals surface area contributed by atoms with Gasteiger partial charge in [0.25, 0.3) is 0 Å². The maximum atomic E-state index is 11.6. The van der Waals surface area contributed by atoms with Crippen LogP contribution in [0.5, 0.6) is 0 Å². The second-order valence-corrected chi connectivity index (χ2v) is 5.43. The van der Waals surface area contributed by atoms with Gasteiger partial charge in [0.15, 0.2) is 0 Å². The van der Waals surface area contributed by atoms with Crippen LogP contribution in [0.15, 0.2) is 61.3 Å². The van der Waals surface area contributed by atoms with E-state index in [1.54, 1.807) is 18.2 Å². The Hall–Kier alpha value is -4.09. The summed E-state index contributed by atoms with van der Waals surface area (Å²) in [5, 5.41) is 16.1. The number of benzene rings is 2. The van der Waals surface area contributed by atoms with E-state index in [0.29, 0.717) is 27.8 Å². The van der Waals surface area contributed by atoms with E-state index in [2.05, 4.69) is 34.2 Å². The molecule has 0 aliphatic rings. The molecule has 1 aromatic heterocycles. The third kappa shape index (κ3) is 3.38. The Morgan fingerprint density at radius 3 is 2.81 bits per heavy atom. The second-order valence-electron chi connectivity index (χ2n) is 5.43. The molecule has 2 aromatic carbocycles. The molecule has 5 nitrogen and oxygen atoms in total. The number of nitrogens with zero attached hydrogens (tertiary/aromatic N) is 2. The zero-order valence-electron chi connectivity index (χ0n) is 13.8. The summed E-state index contributed by atoms with van der Waals surface area (Å²) in [6.07, 6.45) is 8.15. The maximum Gasteiger partial charge on any atom is 0.247 e. The number of carbonyl (C=O) groups excluding carboxylic acids is 1. The van der Waals surface area contributed by atoms with E-state index in [4.69, 9.17) is 6.42 Å². The van der Waals surface area contributed by atoms with E-state index in [1.807, 2.05) is 24.3 Å². The topological polar surface area (TPSA) is 77.8 Å². The zero-order valence-corrected chi connectivity index (χ0v) is 13.8. The van der Waals surface area contributed by atoms with E-state index >= 15 is 0 Å². The van der Waals surface area contributed by atoms with Crippen LogP contribution in [0, 0.1) is 23.7 Å². The van der Waals surface area contributed by atoms with Gasteiger partial charge >= 0.3 is 0 Å². The minimum absolute atomic E-state index is 0.315. The van der Waals surface area contributed by atoms with Crippen molar-refractivity contribution < 1.29 is 4.79 Å². The van der Waals surface area contributed by atoms with Gasteiger partial charge in [0.1, 0.15) is 6.07 Å². The van der Waals surface area contributed by atoms with Gasteiger partial charge < -0.3 is 10.6 Å². The minimum Gasteiger partial charge on any atom is -0.354 e. The summed E-state index contributed by atoms with van der Waals surface area (Å²) in [4.78, 5) is 15.9. The van der Waals surface area contributed by atoms with Gasteiger partial charge in [-0.25, -0.2) is 0 Å². The third-order valence-corrected chi connectivity index (χ3v) is 3.74. The van der Waals surface area contributed by atoms with Crippen molar-refractivity contribution in [2.24, 2.45) is 0 Å². The average molecular weight is 338 g/mol. The Morgan fingerprint density at radius 1 is 1.23 bits per heavy atom. The highest BCUT2D eigenvalue weighted by atomic mass is 16.1. The van der Waals surface area contributed by atoms with Crippen molar-refractivity contribution in [3.8, 4) is 18.4 Å². The van der Waals surface area contributed by atoms with E-state index < -0.39 is 0 Å². The molecule has 0 spiro atoms. The number of aromatic nitrogens is 1. The number of nitriles is 1. The summed E-state index contributed by atoms with van der Waals surface area (Å²) in [5.74, 6) is 2.27. The number of hydrogen-bond donors (Lipinski definition) is 2. The highest BCUT2D eigenvalue weighted by Crippen LogP contribution is 2.31. The summed E-state index contributed by atoms with van der Waals surface area (Å²) in [5.41, 5.74) is 3.74. The second kappa shape index (κ2) is 7.21. The van der Waals surface area contributed by atoms with Crippen molar-refractivity contribution >= 4 is 33.9 Å². The van der Waals surface area contributed by atoms with Crippen LogP contribution < -0.4 is 10.6 Å². The number of nitrogens with one attached hydrogen (secondary N) is 2. The van der Waals surface area contributed by atoms with Gasteiger partial charge in [-0.3, -0.25) is 9.78 Å².